The number of aliphatic hydroxyl groups is 1. The number of aliphatic hydroxyl groups excluding tert-OH is 1. The summed E-state index contributed by atoms with van der Waals surface area (Å²) in [7, 11) is 1.62. The summed E-state index contributed by atoms with van der Waals surface area (Å²) < 4.78 is 6.02. The molecule has 0 saturated heterocycles. The molecule has 0 spiro atoms. The SMILES string of the molecule is COc1ccc([C@@H](N)[C@@H](O)C2CC2)cc1Br. The molecule has 1 saturated carbocycles. The van der Waals surface area contributed by atoms with Crippen molar-refractivity contribution in [1.29, 1.82) is 0 Å². The minimum Gasteiger partial charge on any atom is -0.496 e. The fraction of sp³-hybridized carbons (Fsp3) is 0.500. The monoisotopic (exact) mass is 285 g/mol. The highest BCUT2D eigenvalue weighted by Gasteiger charge is 2.34. The van der Waals surface area contributed by atoms with Gasteiger partial charge in [0.25, 0.3) is 0 Å². The Morgan fingerprint density at radius 2 is 2.19 bits per heavy atom. The molecule has 4 heteroatoms. The minimum atomic E-state index is -0.430. The Kier molecular flexibility index (Phi) is 3.52. The van der Waals surface area contributed by atoms with Crippen LogP contribution in [-0.2, 0) is 0 Å². The summed E-state index contributed by atoms with van der Waals surface area (Å²) in [5.74, 6) is 1.16. The summed E-state index contributed by atoms with van der Waals surface area (Å²) >= 11 is 3.42. The lowest BCUT2D eigenvalue weighted by Gasteiger charge is -2.19. The Morgan fingerprint density at radius 3 is 2.69 bits per heavy atom. The van der Waals surface area contributed by atoms with Gasteiger partial charge in [-0.3, -0.25) is 0 Å². The van der Waals surface area contributed by atoms with Crippen molar-refractivity contribution in [2.75, 3.05) is 7.11 Å². The number of halogens is 1. The van der Waals surface area contributed by atoms with E-state index in [1.54, 1.807) is 7.11 Å². The molecule has 0 unspecified atom stereocenters. The van der Waals surface area contributed by atoms with Crippen LogP contribution in [0.5, 0.6) is 5.75 Å². The van der Waals surface area contributed by atoms with E-state index in [4.69, 9.17) is 10.5 Å². The third-order valence-electron chi connectivity index (χ3n) is 3.03. The molecule has 3 nitrogen and oxygen atoms in total. The molecule has 1 aliphatic rings. The first kappa shape index (κ1) is 11.9. The van der Waals surface area contributed by atoms with Gasteiger partial charge < -0.3 is 15.6 Å². The summed E-state index contributed by atoms with van der Waals surface area (Å²) in [5, 5.41) is 9.96. The number of hydrogen-bond donors (Lipinski definition) is 2. The number of methoxy groups -OCH3 is 1. The van der Waals surface area contributed by atoms with E-state index in [1.807, 2.05) is 18.2 Å². The first-order chi connectivity index (χ1) is 7.63. The highest BCUT2D eigenvalue weighted by atomic mass is 79.9. The Hall–Kier alpha value is -0.580. The average Bonchev–Trinajstić information content (AvgIpc) is 3.11. The summed E-state index contributed by atoms with van der Waals surface area (Å²) in [6, 6.07) is 5.36. The van der Waals surface area contributed by atoms with Crippen LogP contribution in [0.1, 0.15) is 24.4 Å². The minimum absolute atomic E-state index is 0.310. The second-order valence-corrected chi connectivity index (χ2v) is 5.10. The molecule has 0 aromatic heterocycles. The predicted octanol–water partition coefficient (Wildman–Crippen LogP) is 2.23. The van der Waals surface area contributed by atoms with E-state index in [-0.39, 0.29) is 6.04 Å². The van der Waals surface area contributed by atoms with Crippen molar-refractivity contribution in [1.82, 2.24) is 0 Å². The van der Waals surface area contributed by atoms with Gasteiger partial charge in [-0.2, -0.15) is 0 Å². The zero-order valence-corrected chi connectivity index (χ0v) is 10.8. The van der Waals surface area contributed by atoms with Gasteiger partial charge in [-0.15, -0.1) is 0 Å². The predicted molar refractivity (Wildman–Crippen MR) is 66.4 cm³/mol. The maximum Gasteiger partial charge on any atom is 0.133 e. The van der Waals surface area contributed by atoms with E-state index in [9.17, 15) is 5.11 Å². The smallest absolute Gasteiger partial charge is 0.133 e. The molecule has 16 heavy (non-hydrogen) atoms. The van der Waals surface area contributed by atoms with Crippen molar-refractivity contribution in [3.8, 4) is 5.75 Å². The second kappa shape index (κ2) is 4.73. The molecule has 1 fully saturated rings. The first-order valence-corrected chi connectivity index (χ1v) is 6.20. The van der Waals surface area contributed by atoms with E-state index in [0.717, 1.165) is 28.6 Å². The highest BCUT2D eigenvalue weighted by Crippen LogP contribution is 2.38. The van der Waals surface area contributed by atoms with Crippen molar-refractivity contribution in [2.24, 2.45) is 11.7 Å². The lowest BCUT2D eigenvalue weighted by Crippen LogP contribution is -2.27. The van der Waals surface area contributed by atoms with Crippen LogP contribution < -0.4 is 10.5 Å². The van der Waals surface area contributed by atoms with Gasteiger partial charge in [0.15, 0.2) is 0 Å². The highest BCUT2D eigenvalue weighted by molar-refractivity contribution is 9.10. The second-order valence-electron chi connectivity index (χ2n) is 4.25. The molecular formula is C12H16BrNO2. The lowest BCUT2D eigenvalue weighted by molar-refractivity contribution is 0.122. The van der Waals surface area contributed by atoms with Crippen molar-refractivity contribution < 1.29 is 9.84 Å². The van der Waals surface area contributed by atoms with Crippen LogP contribution in [0.2, 0.25) is 0 Å². The van der Waals surface area contributed by atoms with E-state index in [0.29, 0.717) is 5.92 Å². The first-order valence-electron chi connectivity index (χ1n) is 5.40. The molecule has 1 aromatic carbocycles. The number of hydrogen-bond acceptors (Lipinski definition) is 3. The molecule has 1 aliphatic carbocycles. The third kappa shape index (κ3) is 2.39. The molecule has 2 atom stereocenters. The quantitative estimate of drug-likeness (QED) is 0.892. The number of rotatable bonds is 4. The van der Waals surface area contributed by atoms with Crippen LogP contribution in [0.15, 0.2) is 22.7 Å². The number of nitrogens with two attached hydrogens (primary N) is 1. The average molecular weight is 286 g/mol. The summed E-state index contributed by atoms with van der Waals surface area (Å²) in [5.41, 5.74) is 6.97. The fourth-order valence-corrected chi connectivity index (χ4v) is 2.38. The third-order valence-corrected chi connectivity index (χ3v) is 3.65. The van der Waals surface area contributed by atoms with Gasteiger partial charge in [0.05, 0.1) is 23.7 Å². The molecule has 3 N–H and O–H groups in total. The fourth-order valence-electron chi connectivity index (χ4n) is 1.82. The zero-order chi connectivity index (χ0) is 11.7. The Morgan fingerprint density at radius 1 is 1.50 bits per heavy atom. The standard InChI is InChI=1S/C12H16BrNO2/c1-16-10-5-4-8(6-9(10)13)11(14)12(15)7-2-3-7/h4-7,11-12,15H,2-3,14H2,1H3/t11-,12+/m1/s1. The number of benzene rings is 1. The molecule has 0 radical (unpaired) electrons. The van der Waals surface area contributed by atoms with Gasteiger partial charge in [0, 0.05) is 0 Å². The van der Waals surface area contributed by atoms with Gasteiger partial charge in [0.1, 0.15) is 5.75 Å². The maximum absolute atomic E-state index is 9.96. The molecule has 0 heterocycles. The number of ether oxygens (including phenoxy) is 1. The largest absolute Gasteiger partial charge is 0.496 e. The van der Waals surface area contributed by atoms with Gasteiger partial charge in [-0.1, -0.05) is 6.07 Å². The van der Waals surface area contributed by atoms with Crippen molar-refractivity contribution in [3.05, 3.63) is 28.2 Å². The molecular weight excluding hydrogens is 270 g/mol. The summed E-state index contributed by atoms with van der Waals surface area (Å²) in [6.45, 7) is 0. The van der Waals surface area contributed by atoms with E-state index in [1.165, 1.54) is 0 Å². The van der Waals surface area contributed by atoms with Crippen LogP contribution in [0, 0.1) is 5.92 Å². The molecule has 2 rings (SSSR count). The Labute approximate surface area is 104 Å². The van der Waals surface area contributed by atoms with Gasteiger partial charge in [-0.25, -0.2) is 0 Å². The molecule has 0 aliphatic heterocycles. The van der Waals surface area contributed by atoms with Crippen molar-refractivity contribution in [2.45, 2.75) is 25.0 Å². The molecule has 1 aromatic rings. The van der Waals surface area contributed by atoms with Crippen LogP contribution in [-0.4, -0.2) is 18.3 Å². The van der Waals surface area contributed by atoms with Gasteiger partial charge in [0.2, 0.25) is 0 Å². The van der Waals surface area contributed by atoms with E-state index < -0.39 is 6.10 Å². The van der Waals surface area contributed by atoms with Crippen LogP contribution in [0.3, 0.4) is 0 Å². The lowest BCUT2D eigenvalue weighted by atomic mass is 9.99. The summed E-state index contributed by atoms with van der Waals surface area (Å²) in [4.78, 5) is 0. The zero-order valence-electron chi connectivity index (χ0n) is 9.19. The van der Waals surface area contributed by atoms with Gasteiger partial charge >= 0.3 is 0 Å². The Bertz CT molecular complexity index is 379. The molecule has 88 valence electrons. The topological polar surface area (TPSA) is 55.5 Å². The maximum atomic E-state index is 9.96. The normalized spacial score (nSPS) is 19.2. The van der Waals surface area contributed by atoms with Gasteiger partial charge in [-0.05, 0) is 52.4 Å². The van der Waals surface area contributed by atoms with Crippen LogP contribution in [0.25, 0.3) is 0 Å². The Balaban J connectivity index is 2.16. The van der Waals surface area contributed by atoms with Crippen molar-refractivity contribution in [3.63, 3.8) is 0 Å². The van der Waals surface area contributed by atoms with Crippen molar-refractivity contribution >= 4 is 15.9 Å². The molecule has 0 amide bonds. The van der Waals surface area contributed by atoms with Crippen LogP contribution in [0.4, 0.5) is 0 Å². The van der Waals surface area contributed by atoms with E-state index in [2.05, 4.69) is 15.9 Å². The molecule has 0 bridgehead atoms. The van der Waals surface area contributed by atoms with E-state index >= 15 is 0 Å². The van der Waals surface area contributed by atoms with Crippen LogP contribution >= 0.6 is 15.9 Å². The summed E-state index contributed by atoms with van der Waals surface area (Å²) in [6.07, 6.45) is 1.75.